The second-order valence-corrected chi connectivity index (χ2v) is 30.4. The molecule has 0 amide bonds. The number of rotatable bonds is 11. The number of hydrogen-bond acceptors (Lipinski definition) is 16. The minimum absolute atomic E-state index is 0.0104. The zero-order valence-corrected chi connectivity index (χ0v) is 38.3. The van der Waals surface area contributed by atoms with E-state index in [9.17, 15) is 18.7 Å². The highest BCUT2D eigenvalue weighted by molar-refractivity contribution is 8.44. The first-order valence-corrected chi connectivity index (χ1v) is 28.3. The molecule has 2 saturated carbocycles. The Kier molecular flexibility index (Phi) is 13.5. The van der Waals surface area contributed by atoms with Crippen LogP contribution in [0.5, 0.6) is 5.88 Å². The van der Waals surface area contributed by atoms with Crippen LogP contribution in [0.3, 0.4) is 0 Å². The van der Waals surface area contributed by atoms with E-state index < -0.39 is 78.6 Å². The minimum Gasteiger partial charge on any atom is -0.474 e. The van der Waals surface area contributed by atoms with Gasteiger partial charge in [0.2, 0.25) is 5.88 Å². The predicted molar refractivity (Wildman–Crippen MR) is 217 cm³/mol. The first-order chi connectivity index (χ1) is 26.2. The van der Waals surface area contributed by atoms with Crippen molar-refractivity contribution in [2.45, 2.75) is 127 Å². The third-order valence-electron chi connectivity index (χ3n) is 11.1. The number of thiol groups is 2. The summed E-state index contributed by atoms with van der Waals surface area (Å²) in [4.78, 5) is 39.9. The van der Waals surface area contributed by atoms with Crippen molar-refractivity contribution in [1.29, 1.82) is 0 Å². The number of nitrogens with zero attached hydrogens (tertiary/aromatic N) is 6. The smallest absolute Gasteiger partial charge is 0.386 e. The van der Waals surface area contributed by atoms with Gasteiger partial charge in [-0.1, -0.05) is 85.1 Å². The zero-order valence-electron chi connectivity index (χ0n) is 32.7. The monoisotopic (exact) mass is 893 g/mol. The highest BCUT2D eigenvalue weighted by atomic mass is 32.7. The average molecular weight is 894 g/mol. The van der Waals surface area contributed by atoms with Gasteiger partial charge in [-0.15, -0.1) is 5.10 Å². The van der Waals surface area contributed by atoms with E-state index in [2.05, 4.69) is 54.7 Å². The maximum absolute atomic E-state index is 14.5. The summed E-state index contributed by atoms with van der Waals surface area (Å²) in [5.41, 5.74) is -1.08. The Balaban J connectivity index is 1.42. The highest BCUT2D eigenvalue weighted by Crippen LogP contribution is 2.62. The van der Waals surface area contributed by atoms with Gasteiger partial charge in [0.15, 0.2) is 11.2 Å². The lowest BCUT2D eigenvalue weighted by Crippen LogP contribution is -2.62. The van der Waals surface area contributed by atoms with E-state index in [1.54, 1.807) is 12.3 Å². The lowest BCUT2D eigenvalue weighted by atomic mass is 10.1. The molecule has 2 N–H and O–H groups in total. The van der Waals surface area contributed by atoms with Crippen molar-refractivity contribution in [2.75, 3.05) is 13.2 Å². The first kappa shape index (κ1) is 44.0. The Labute approximate surface area is 338 Å². The molecule has 24 heteroatoms. The normalized spacial score (nSPS) is 32.2. The third-order valence-corrected chi connectivity index (χ3v) is 24.1. The summed E-state index contributed by atoms with van der Waals surface area (Å²) in [6, 6.07) is 0.806. The van der Waals surface area contributed by atoms with Crippen LogP contribution in [0.1, 0.15) is 80.7 Å². The predicted octanol–water partition coefficient (Wildman–Crippen LogP) is 6.53. The van der Waals surface area contributed by atoms with Crippen molar-refractivity contribution in [1.82, 2.24) is 34.9 Å². The van der Waals surface area contributed by atoms with Crippen LogP contribution in [0.4, 0.5) is 0 Å². The molecular formula is C32H53N7O11P2S2Si2. The molecule has 3 aromatic rings. The molecule has 9 atom stereocenters. The van der Waals surface area contributed by atoms with Crippen LogP contribution in [0.15, 0.2) is 29.7 Å². The second-order valence-electron chi connectivity index (χ2n) is 16.0. The van der Waals surface area contributed by atoms with E-state index >= 15 is 0 Å². The number of ether oxygens (including phenoxy) is 1. The summed E-state index contributed by atoms with van der Waals surface area (Å²) >= 11 is 8.90. The molecule has 3 fully saturated rings. The van der Waals surface area contributed by atoms with E-state index in [-0.39, 0.29) is 53.0 Å². The summed E-state index contributed by atoms with van der Waals surface area (Å²) in [7, 11) is -6.94. The molecule has 2 aliphatic carbocycles. The van der Waals surface area contributed by atoms with Crippen LogP contribution < -0.4 is 10.3 Å². The van der Waals surface area contributed by atoms with Gasteiger partial charge in [0.05, 0.1) is 37.8 Å². The fourth-order valence-electron chi connectivity index (χ4n) is 8.05. The Morgan fingerprint density at radius 2 is 1.59 bits per heavy atom. The van der Waals surface area contributed by atoms with E-state index in [0.29, 0.717) is 18.7 Å². The summed E-state index contributed by atoms with van der Waals surface area (Å²) in [6.07, 6.45) is 1.78. The van der Waals surface area contributed by atoms with Crippen molar-refractivity contribution < 1.29 is 45.3 Å². The summed E-state index contributed by atoms with van der Waals surface area (Å²) in [6.45, 7) is 7.12. The molecule has 1 aliphatic heterocycles. The zero-order chi connectivity index (χ0) is 40.8. The molecule has 1 unspecified atom stereocenters. The molecule has 4 heterocycles. The van der Waals surface area contributed by atoms with Gasteiger partial charge in [0.1, 0.15) is 18.5 Å². The van der Waals surface area contributed by atoms with E-state index in [1.165, 1.54) is 17.3 Å². The number of H-pyrrole nitrogens is 1. The number of aromatic amines is 1. The lowest BCUT2D eigenvalue weighted by molar-refractivity contribution is -0.00206. The van der Waals surface area contributed by atoms with Gasteiger partial charge in [-0.3, -0.25) is 13.8 Å². The summed E-state index contributed by atoms with van der Waals surface area (Å²) in [5.74, 6) is -0.761. The Morgan fingerprint density at radius 1 is 0.929 bits per heavy atom. The van der Waals surface area contributed by atoms with E-state index in [4.69, 9.17) is 31.4 Å². The van der Waals surface area contributed by atoms with Gasteiger partial charge >= 0.3 is 30.7 Å². The Morgan fingerprint density at radius 3 is 2.21 bits per heavy atom. The maximum atomic E-state index is 14.5. The number of hydrogen-bond donors (Lipinski definition) is 4. The van der Waals surface area contributed by atoms with Crippen LogP contribution in [0.25, 0.3) is 11.2 Å². The number of aromatic nitrogens is 7. The largest absolute Gasteiger partial charge is 0.474 e. The molecule has 0 radical (unpaired) electrons. The van der Waals surface area contributed by atoms with Crippen molar-refractivity contribution >= 4 is 66.4 Å². The third kappa shape index (κ3) is 9.27. The van der Waals surface area contributed by atoms with E-state index in [0.717, 1.165) is 0 Å². The molecule has 3 aliphatic rings. The van der Waals surface area contributed by atoms with Gasteiger partial charge in [0, 0.05) is 30.5 Å². The molecule has 0 spiro atoms. The number of fused-ring (bicyclic) bond motifs is 4. The molecule has 312 valence electrons. The van der Waals surface area contributed by atoms with Crippen molar-refractivity contribution in [3.05, 3.63) is 35.3 Å². The molecular weight excluding hydrogens is 841 g/mol. The summed E-state index contributed by atoms with van der Waals surface area (Å²) in [5, 5.41) is 8.41. The van der Waals surface area contributed by atoms with Crippen molar-refractivity contribution in [3.63, 3.8) is 0 Å². The van der Waals surface area contributed by atoms with Crippen molar-refractivity contribution in [3.8, 4) is 5.88 Å². The molecule has 6 rings (SSSR count). The topological polar surface area (TPSA) is 221 Å². The average Bonchev–Trinajstić information content (AvgIpc) is 3.81. The quantitative estimate of drug-likeness (QED) is 0.0912. The maximum Gasteiger partial charge on any atom is 0.386 e. The van der Waals surface area contributed by atoms with Crippen LogP contribution >= 0.6 is 38.1 Å². The van der Waals surface area contributed by atoms with Crippen LogP contribution in [0.2, 0.25) is 22.2 Å². The second kappa shape index (κ2) is 17.2. The fraction of sp³-hybridized carbons (Fsp3) is 0.750. The van der Waals surface area contributed by atoms with Crippen LogP contribution in [-0.4, -0.2) is 94.5 Å². The standard InChI is InChI=1S/C32H53N7O11P2S2Si2/c1-18(2)55(43,19(3)4)50-56(20(5)6,21(7)8)49-29-23-12-25(39-31-28(37-38-39)32(40)36-17-35-31)30(29)48-52(42,54)44-14-22-11-24(46-27-9-10-33-16-34-27)13-26(22)47-51(41,53)45-15-23/h9-10,16-26,29-30,43H,11-15H2,1-8H3,(H,41,53)(H,42,54)(H,35,36,40)/t22-,23?,24-,25-,26+,29-,30+,51+,52+/m1/s1. The van der Waals surface area contributed by atoms with Gasteiger partial charge in [0.25, 0.3) is 5.56 Å². The lowest BCUT2D eigenvalue weighted by Gasteiger charge is -2.48. The molecule has 1 saturated heterocycles. The number of nitrogens with one attached hydrogen (secondary N) is 1. The minimum atomic E-state index is -4.25. The SMILES string of the molecule is CC(C)[Si](O)(O[Si](O[C@@H]1C2CO[P@](=O)(S)O[C@H]3C[C@H](Oc4ccncn4)C[C@@H]3CO[P@](=O)(S)O[C@H]1[C@H](n1nnc3c(=O)[nH]cnc31)C2)(C(C)C)C(C)C)C(C)C. The Hall–Kier alpha value is -1.53. The Bertz CT molecular complexity index is 1970. The van der Waals surface area contributed by atoms with Gasteiger partial charge in [-0.05, 0) is 35.0 Å². The van der Waals surface area contributed by atoms with Crippen molar-refractivity contribution in [2.24, 2.45) is 11.8 Å². The molecule has 2 bridgehead atoms. The van der Waals surface area contributed by atoms with Gasteiger partial charge in [-0.2, -0.15) is 0 Å². The van der Waals surface area contributed by atoms with Crippen LogP contribution in [0, 0.1) is 11.8 Å². The van der Waals surface area contributed by atoms with Gasteiger partial charge < -0.3 is 32.1 Å². The fourth-order valence-corrected chi connectivity index (χ4v) is 21.2. The van der Waals surface area contributed by atoms with E-state index in [1.807, 2.05) is 55.4 Å². The first-order valence-electron chi connectivity index (χ1n) is 18.9. The van der Waals surface area contributed by atoms with Crippen LogP contribution in [-0.2, 0) is 35.8 Å². The summed E-state index contributed by atoms with van der Waals surface area (Å²) < 4.78 is 75.2. The molecule has 18 nitrogen and oxygen atoms in total. The molecule has 56 heavy (non-hydrogen) atoms. The van der Waals surface area contributed by atoms with Gasteiger partial charge in [-0.25, -0.2) is 28.8 Å². The molecule has 0 aromatic carbocycles. The molecule has 3 aromatic heterocycles. The highest BCUT2D eigenvalue weighted by Gasteiger charge is 2.60.